The number of methoxy groups -OCH3 is 2. The molecule has 2 rings (SSSR count). The SMILES string of the molecule is COc1ccc(C(CN(C)C(=O)C=Cc2cccnc2)=NO)cc1OC. The summed E-state index contributed by atoms with van der Waals surface area (Å²) in [6, 6.07) is 8.78. The van der Waals surface area contributed by atoms with Crippen molar-refractivity contribution in [3.63, 3.8) is 0 Å². The molecular formula is C19H21N3O4. The topological polar surface area (TPSA) is 84.2 Å². The largest absolute Gasteiger partial charge is 0.493 e. The second kappa shape index (κ2) is 9.22. The summed E-state index contributed by atoms with van der Waals surface area (Å²) in [4.78, 5) is 17.7. The van der Waals surface area contributed by atoms with Gasteiger partial charge < -0.3 is 19.6 Å². The summed E-state index contributed by atoms with van der Waals surface area (Å²) in [5.74, 6) is 0.851. The van der Waals surface area contributed by atoms with E-state index < -0.39 is 0 Å². The van der Waals surface area contributed by atoms with Crippen LogP contribution in [0.15, 0.2) is 54.0 Å². The second-order valence-corrected chi connectivity index (χ2v) is 5.43. The Morgan fingerprint density at radius 2 is 2.04 bits per heavy atom. The average molecular weight is 355 g/mol. The van der Waals surface area contributed by atoms with E-state index in [1.165, 1.54) is 18.1 Å². The van der Waals surface area contributed by atoms with Gasteiger partial charge in [0.05, 0.1) is 20.8 Å². The van der Waals surface area contributed by atoms with Crippen molar-refractivity contribution in [2.24, 2.45) is 5.16 Å². The molecule has 0 saturated carbocycles. The second-order valence-electron chi connectivity index (χ2n) is 5.43. The first-order valence-corrected chi connectivity index (χ1v) is 7.85. The highest BCUT2D eigenvalue weighted by atomic mass is 16.5. The first-order chi connectivity index (χ1) is 12.6. The van der Waals surface area contributed by atoms with Crippen molar-refractivity contribution in [3.05, 3.63) is 59.9 Å². The van der Waals surface area contributed by atoms with Crippen LogP contribution in [0.1, 0.15) is 11.1 Å². The molecule has 0 aliphatic heterocycles. The van der Waals surface area contributed by atoms with Gasteiger partial charge in [0, 0.05) is 31.1 Å². The van der Waals surface area contributed by atoms with Crippen LogP contribution in [0.25, 0.3) is 6.08 Å². The molecule has 2 aromatic rings. The molecule has 0 aliphatic rings. The lowest BCUT2D eigenvalue weighted by molar-refractivity contribution is -0.124. The number of likely N-dealkylation sites (N-methyl/N-ethyl adjacent to an activating group) is 1. The number of hydrogen-bond acceptors (Lipinski definition) is 6. The quantitative estimate of drug-likeness (QED) is 0.357. The van der Waals surface area contributed by atoms with E-state index in [1.54, 1.807) is 56.9 Å². The Morgan fingerprint density at radius 1 is 1.27 bits per heavy atom. The number of carbonyl (C=O) groups is 1. The van der Waals surface area contributed by atoms with Gasteiger partial charge in [-0.15, -0.1) is 0 Å². The molecule has 1 heterocycles. The van der Waals surface area contributed by atoms with Gasteiger partial charge in [0.1, 0.15) is 5.71 Å². The summed E-state index contributed by atoms with van der Waals surface area (Å²) in [5.41, 5.74) is 1.78. The van der Waals surface area contributed by atoms with Gasteiger partial charge in [0.25, 0.3) is 0 Å². The Bertz CT molecular complexity index is 804. The number of hydrogen-bond donors (Lipinski definition) is 1. The van der Waals surface area contributed by atoms with Crippen molar-refractivity contribution in [1.82, 2.24) is 9.88 Å². The van der Waals surface area contributed by atoms with E-state index in [4.69, 9.17) is 9.47 Å². The van der Waals surface area contributed by atoms with Gasteiger partial charge in [-0.05, 0) is 35.9 Å². The van der Waals surface area contributed by atoms with Gasteiger partial charge in [-0.2, -0.15) is 0 Å². The smallest absolute Gasteiger partial charge is 0.246 e. The molecule has 1 amide bonds. The van der Waals surface area contributed by atoms with Crippen molar-refractivity contribution in [3.8, 4) is 11.5 Å². The minimum absolute atomic E-state index is 0.127. The third-order valence-corrected chi connectivity index (χ3v) is 3.70. The number of carbonyl (C=O) groups excluding carboxylic acids is 1. The minimum Gasteiger partial charge on any atom is -0.493 e. The van der Waals surface area contributed by atoms with Gasteiger partial charge in [0.15, 0.2) is 11.5 Å². The summed E-state index contributed by atoms with van der Waals surface area (Å²) in [6.07, 6.45) is 6.45. The summed E-state index contributed by atoms with van der Waals surface area (Å²) in [5, 5.41) is 12.7. The molecule has 0 radical (unpaired) electrons. The zero-order valence-corrected chi connectivity index (χ0v) is 14.9. The number of benzene rings is 1. The van der Waals surface area contributed by atoms with Crippen molar-refractivity contribution in [2.75, 3.05) is 27.8 Å². The number of amides is 1. The highest BCUT2D eigenvalue weighted by molar-refractivity contribution is 6.04. The lowest BCUT2D eigenvalue weighted by atomic mass is 10.1. The molecule has 7 heteroatoms. The predicted molar refractivity (Wildman–Crippen MR) is 98.8 cm³/mol. The zero-order chi connectivity index (χ0) is 18.9. The molecule has 136 valence electrons. The Hall–Kier alpha value is -3.35. The molecule has 7 nitrogen and oxygen atoms in total. The fourth-order valence-electron chi connectivity index (χ4n) is 2.27. The molecule has 1 N–H and O–H groups in total. The van der Waals surface area contributed by atoms with Crippen LogP contribution in [0.3, 0.4) is 0 Å². The standard InChI is InChI=1S/C19H21N3O4/c1-22(19(23)9-6-14-5-4-10-20-12-14)13-16(21-24)15-7-8-17(25-2)18(11-15)26-3/h4-12,24H,13H2,1-3H3. The van der Waals surface area contributed by atoms with Crippen LogP contribution in [0.2, 0.25) is 0 Å². The van der Waals surface area contributed by atoms with Crippen LogP contribution in [0.4, 0.5) is 0 Å². The zero-order valence-electron chi connectivity index (χ0n) is 14.9. The Labute approximate surface area is 152 Å². The third-order valence-electron chi connectivity index (χ3n) is 3.70. The fourth-order valence-corrected chi connectivity index (χ4v) is 2.27. The van der Waals surface area contributed by atoms with E-state index in [0.717, 1.165) is 5.56 Å². The maximum absolute atomic E-state index is 12.3. The van der Waals surface area contributed by atoms with Crippen LogP contribution in [0, 0.1) is 0 Å². The number of aromatic nitrogens is 1. The van der Waals surface area contributed by atoms with Crippen LogP contribution in [-0.2, 0) is 4.79 Å². The molecule has 1 aromatic carbocycles. The number of pyridine rings is 1. The Balaban J connectivity index is 2.09. The molecule has 0 unspecified atom stereocenters. The van der Waals surface area contributed by atoms with Crippen molar-refractivity contribution >= 4 is 17.7 Å². The first-order valence-electron chi connectivity index (χ1n) is 7.85. The van der Waals surface area contributed by atoms with Crippen molar-refractivity contribution < 1.29 is 19.5 Å². The molecule has 1 aromatic heterocycles. The highest BCUT2D eigenvalue weighted by Crippen LogP contribution is 2.27. The maximum Gasteiger partial charge on any atom is 0.246 e. The predicted octanol–water partition coefficient (Wildman–Crippen LogP) is 2.45. The molecule has 0 spiro atoms. The van der Waals surface area contributed by atoms with Gasteiger partial charge in [-0.25, -0.2) is 0 Å². The normalized spacial score (nSPS) is 11.4. The summed E-state index contributed by atoms with van der Waals surface area (Å²) in [7, 11) is 4.69. The van der Waals surface area contributed by atoms with E-state index >= 15 is 0 Å². The number of nitrogens with zero attached hydrogens (tertiary/aromatic N) is 3. The lowest BCUT2D eigenvalue weighted by Gasteiger charge is -2.17. The number of rotatable bonds is 7. The molecule has 26 heavy (non-hydrogen) atoms. The Kier molecular flexibility index (Phi) is 6.73. The fraction of sp³-hybridized carbons (Fsp3) is 0.211. The maximum atomic E-state index is 12.3. The van der Waals surface area contributed by atoms with Crippen molar-refractivity contribution in [2.45, 2.75) is 0 Å². The van der Waals surface area contributed by atoms with Gasteiger partial charge >= 0.3 is 0 Å². The lowest BCUT2D eigenvalue weighted by Crippen LogP contribution is -2.31. The molecule has 0 saturated heterocycles. The third kappa shape index (κ3) is 4.83. The van der Waals surface area contributed by atoms with Crippen LogP contribution in [0.5, 0.6) is 11.5 Å². The number of oxime groups is 1. The van der Waals surface area contributed by atoms with E-state index in [1.807, 2.05) is 6.07 Å². The van der Waals surface area contributed by atoms with E-state index in [0.29, 0.717) is 22.8 Å². The average Bonchev–Trinajstić information content (AvgIpc) is 2.70. The first kappa shape index (κ1) is 19.0. The monoisotopic (exact) mass is 355 g/mol. The van der Waals surface area contributed by atoms with Gasteiger partial charge in [-0.3, -0.25) is 9.78 Å². The van der Waals surface area contributed by atoms with E-state index in [-0.39, 0.29) is 12.5 Å². The summed E-state index contributed by atoms with van der Waals surface area (Å²) >= 11 is 0. The Morgan fingerprint density at radius 3 is 2.65 bits per heavy atom. The van der Waals surface area contributed by atoms with Gasteiger partial charge in [0.2, 0.25) is 5.91 Å². The van der Waals surface area contributed by atoms with Gasteiger partial charge in [-0.1, -0.05) is 11.2 Å². The minimum atomic E-state index is -0.226. The molecule has 0 aliphatic carbocycles. The molecule has 0 fully saturated rings. The highest BCUT2D eigenvalue weighted by Gasteiger charge is 2.14. The van der Waals surface area contributed by atoms with E-state index in [2.05, 4.69) is 10.1 Å². The van der Waals surface area contributed by atoms with Crippen molar-refractivity contribution in [1.29, 1.82) is 0 Å². The summed E-state index contributed by atoms with van der Waals surface area (Å²) < 4.78 is 10.4. The number of ether oxygens (including phenoxy) is 2. The van der Waals surface area contributed by atoms with Crippen LogP contribution >= 0.6 is 0 Å². The summed E-state index contributed by atoms with van der Waals surface area (Å²) in [6.45, 7) is 0.127. The van der Waals surface area contributed by atoms with Crippen LogP contribution < -0.4 is 9.47 Å². The van der Waals surface area contributed by atoms with E-state index in [9.17, 15) is 10.0 Å². The molecular weight excluding hydrogens is 334 g/mol. The van der Waals surface area contributed by atoms with Crippen LogP contribution in [-0.4, -0.2) is 54.5 Å². The molecule has 0 atom stereocenters. The molecule has 0 bridgehead atoms.